The van der Waals surface area contributed by atoms with E-state index in [1.54, 1.807) is 13.8 Å². The fourth-order valence-electron chi connectivity index (χ4n) is 6.12. The molecule has 0 bridgehead atoms. The minimum atomic E-state index is -4.90. The first kappa shape index (κ1) is 20.4. The number of amides is 5. The maximum atomic E-state index is 14.9. The number of rotatable bonds is 13. The first-order valence-corrected chi connectivity index (χ1v) is 17.7. The lowest BCUT2D eigenvalue weighted by atomic mass is 9.83. The lowest BCUT2D eigenvalue weighted by molar-refractivity contribution is -0.145. The average Bonchev–Trinajstić information content (AvgIpc) is 3.99. The highest BCUT2D eigenvalue weighted by Crippen LogP contribution is 2.65. The van der Waals surface area contributed by atoms with Crippen LogP contribution in [0, 0.1) is 22.7 Å². The second-order valence-corrected chi connectivity index (χ2v) is 18.4. The lowest BCUT2D eigenvalue weighted by Gasteiger charge is -2.41. The highest BCUT2D eigenvalue weighted by molar-refractivity contribution is 7.92. The molecule has 0 aromatic carbocycles. The lowest BCUT2D eigenvalue weighted by Crippen LogP contribution is -2.64. The van der Waals surface area contributed by atoms with Gasteiger partial charge in [0.2, 0.25) is 17.6 Å². The van der Waals surface area contributed by atoms with Crippen molar-refractivity contribution in [3.8, 4) is 0 Å². The molecule has 0 aromatic rings. The molecule has 4 N–H and O–H groups in total. The molecule has 13 heteroatoms. The van der Waals surface area contributed by atoms with E-state index in [-0.39, 0.29) is 6.54 Å². The average molecular weight is 727 g/mol. The quantitative estimate of drug-likeness (QED) is 0.210. The number of hydrogen-bond donors (Lipinski definition) is 4. The van der Waals surface area contributed by atoms with Gasteiger partial charge in [-0.3, -0.25) is 19.2 Å². The molecule has 3 aliphatic carbocycles. The van der Waals surface area contributed by atoms with Gasteiger partial charge in [0, 0.05) is 38.6 Å². The summed E-state index contributed by atoms with van der Waals surface area (Å²) >= 11 is 0. The van der Waals surface area contributed by atoms with Crippen LogP contribution in [0.4, 0.5) is 4.79 Å². The molecule has 12 nitrogen and oxygen atoms in total. The zero-order valence-electron chi connectivity index (χ0n) is 48.0. The number of nitrogens with zero attached hydrogens (tertiary/aromatic N) is 1. The molecular formula is C36H61N5O7S. The van der Waals surface area contributed by atoms with Crippen LogP contribution in [0.2, 0.25) is 0 Å². The molecule has 0 radical (unpaired) electrons. The largest absolute Gasteiger partial charge is 0.347 e. The summed E-state index contributed by atoms with van der Waals surface area (Å²) in [6, 6.07) is -8.89. The van der Waals surface area contributed by atoms with E-state index in [2.05, 4.69) is 10.6 Å². The van der Waals surface area contributed by atoms with Crippen molar-refractivity contribution in [1.82, 2.24) is 26.2 Å². The molecule has 4 fully saturated rings. The van der Waals surface area contributed by atoms with E-state index >= 15 is 0 Å². The molecule has 4 aliphatic rings. The van der Waals surface area contributed by atoms with Gasteiger partial charge in [-0.05, 0) is 75.4 Å². The van der Waals surface area contributed by atoms with Gasteiger partial charge in [0.05, 0.1) is 22.1 Å². The number of carbonyl (C=O) groups excluding carboxylic acids is 5. The predicted molar refractivity (Wildman–Crippen MR) is 188 cm³/mol. The van der Waals surface area contributed by atoms with E-state index in [4.69, 9.17) is 26.0 Å². The van der Waals surface area contributed by atoms with Crippen LogP contribution < -0.4 is 21.3 Å². The van der Waals surface area contributed by atoms with Crippen molar-refractivity contribution in [2.24, 2.45) is 22.7 Å². The van der Waals surface area contributed by atoms with Crippen LogP contribution in [0.1, 0.15) is 152 Å². The van der Waals surface area contributed by atoms with Gasteiger partial charge in [0.1, 0.15) is 12.1 Å². The Hall–Kier alpha value is -2.70. The Kier molecular flexibility index (Phi) is 5.88. The molecule has 278 valence electrons. The van der Waals surface area contributed by atoms with Crippen molar-refractivity contribution in [3.63, 3.8) is 0 Å². The van der Waals surface area contributed by atoms with Gasteiger partial charge in [-0.2, -0.15) is 0 Å². The molecule has 0 unspecified atom stereocenters. The Morgan fingerprint density at radius 2 is 1.63 bits per heavy atom. The molecule has 0 spiro atoms. The number of sulfone groups is 1. The van der Waals surface area contributed by atoms with Crippen molar-refractivity contribution in [3.05, 3.63) is 0 Å². The molecule has 1 aliphatic heterocycles. The van der Waals surface area contributed by atoms with Crippen LogP contribution >= 0.6 is 0 Å². The van der Waals surface area contributed by atoms with Gasteiger partial charge < -0.3 is 26.2 Å². The van der Waals surface area contributed by atoms with Crippen molar-refractivity contribution in [1.29, 1.82) is 0 Å². The second kappa shape index (κ2) is 14.1. The number of urea groups is 1. The summed E-state index contributed by atoms with van der Waals surface area (Å²) in [7, 11) is -4.90. The van der Waals surface area contributed by atoms with Crippen molar-refractivity contribution in [2.45, 2.75) is 161 Å². The third-order valence-electron chi connectivity index (χ3n) is 9.46. The second-order valence-electron chi connectivity index (χ2n) is 15.6. The third-order valence-corrected chi connectivity index (χ3v) is 12.1. The minimum absolute atomic E-state index is 0.297. The zero-order chi connectivity index (χ0) is 53.6. The Bertz CT molecular complexity index is 2170. The number of ketones is 1. The van der Waals surface area contributed by atoms with Gasteiger partial charge in [-0.1, -0.05) is 73.3 Å². The van der Waals surface area contributed by atoms with Crippen LogP contribution in [0.5, 0.6) is 0 Å². The normalized spacial score (nSPS) is 37.8. The van der Waals surface area contributed by atoms with E-state index in [0.717, 1.165) is 25.7 Å². The minimum Gasteiger partial charge on any atom is -0.347 e. The maximum Gasteiger partial charge on any atom is 0.315 e. The molecule has 5 amide bonds. The first-order chi connectivity index (χ1) is 29.8. The van der Waals surface area contributed by atoms with Gasteiger partial charge in [-0.15, -0.1) is 0 Å². The number of nitrogens with one attached hydrogen (secondary N) is 4. The fourth-order valence-corrected chi connectivity index (χ4v) is 7.34. The molecular weight excluding hydrogens is 646 g/mol. The van der Waals surface area contributed by atoms with Crippen molar-refractivity contribution in [2.75, 3.05) is 12.3 Å². The summed E-state index contributed by atoms with van der Waals surface area (Å²) in [5.74, 6) is -9.09. The van der Waals surface area contributed by atoms with E-state index in [1.165, 1.54) is 20.8 Å². The molecule has 49 heavy (non-hydrogen) atoms. The number of Topliss-reactive ketones (excluding diaryl/α,β-unsaturated/α-hetero) is 1. The zero-order valence-corrected chi connectivity index (χ0v) is 29.8. The van der Waals surface area contributed by atoms with Crippen LogP contribution in [0.25, 0.3) is 0 Å². The van der Waals surface area contributed by atoms with Crippen LogP contribution in [-0.2, 0) is 29.0 Å². The molecule has 3 saturated carbocycles. The molecule has 5 atom stereocenters. The first-order valence-electron chi connectivity index (χ1n) is 25.5. The predicted octanol–water partition coefficient (Wildman–Crippen LogP) is 3.62. The van der Waals surface area contributed by atoms with Gasteiger partial charge in [-0.25, -0.2) is 13.2 Å². The van der Waals surface area contributed by atoms with Crippen molar-refractivity contribution >= 4 is 39.4 Å². The maximum absolute atomic E-state index is 14.9. The number of likely N-dealkylation sites (tertiary alicyclic amines) is 1. The topological polar surface area (TPSA) is 171 Å². The summed E-state index contributed by atoms with van der Waals surface area (Å²) in [5, 5.41) is 8.29. The molecule has 1 saturated heterocycles. The monoisotopic (exact) mass is 727 g/mol. The summed E-state index contributed by atoms with van der Waals surface area (Å²) in [6.07, 6.45) is -31.8. The van der Waals surface area contributed by atoms with Crippen LogP contribution in [0.15, 0.2) is 0 Å². The molecule has 4 rings (SSSR count). The summed E-state index contributed by atoms with van der Waals surface area (Å²) in [4.78, 5) is 71.6. The Morgan fingerprint density at radius 1 is 1.00 bits per heavy atom. The van der Waals surface area contributed by atoms with E-state index in [9.17, 15) is 32.4 Å². The van der Waals surface area contributed by atoms with Crippen LogP contribution in [-0.4, -0.2) is 89.6 Å². The van der Waals surface area contributed by atoms with Gasteiger partial charge >= 0.3 is 6.03 Å². The molecule has 0 aromatic heterocycles. The summed E-state index contributed by atoms with van der Waals surface area (Å²) in [5.41, 5.74) is -6.06. The molecule has 1 heterocycles. The van der Waals surface area contributed by atoms with Crippen molar-refractivity contribution < 1.29 is 58.4 Å². The Morgan fingerprint density at radius 3 is 2.18 bits per heavy atom. The third kappa shape index (κ3) is 8.79. The van der Waals surface area contributed by atoms with E-state index in [1.807, 2.05) is 10.6 Å². The summed E-state index contributed by atoms with van der Waals surface area (Å²) < 4.78 is 186. The summed E-state index contributed by atoms with van der Waals surface area (Å²) in [6.45, 7) is 6.66. The number of fused-ring (bicyclic) bond motifs is 1. The van der Waals surface area contributed by atoms with Gasteiger partial charge in [0.15, 0.2) is 9.84 Å². The van der Waals surface area contributed by atoms with Crippen LogP contribution in [0.3, 0.4) is 0 Å². The van der Waals surface area contributed by atoms with Gasteiger partial charge in [0.25, 0.3) is 5.91 Å². The fraction of sp³-hybridized carbons (Fsp3) is 0.861. The highest BCUT2D eigenvalue weighted by atomic mass is 32.2. The number of piperidine rings is 1. The Balaban J connectivity index is 1.83. The van der Waals surface area contributed by atoms with E-state index < -0.39 is 160 Å². The smallest absolute Gasteiger partial charge is 0.315 e. The standard InChI is InChI=1S/C36H61N5O7S/c1-10-11-15-24(27(42)30(44)37-22-16-17-22)38-29(43)26-25-23(35(25,8)9)20-41(26)31(45)28(33(2,3)4)39-32(46)40-36(18-13-12-14-19-36)21-49(47,48)34(5,6)7/h22-26,28H,10-21H2,1-9H3,(H,37,44)(H,38,43)(H2,39,40,46)/t23-,24-,25-,26-,28+/m0/s1/i1D3,10D2,11D2,12D2,13D2,14D2,15D2,18D2,19D2. The SMILES string of the molecule is [2H]C([2H])([2H])C([2H])([2H])C([2H])([2H])C([2H])([2H])[C@H](NC(=O)[C@@H]1[C@@H]2[C@H](CN1C(=O)[C@@H](NC(=O)NC1(CS(=O)(=O)C(C)(C)C)C([2H])([2H])C([2H])([2H])C([2H])([2H])C([2H])([2H])C1([2H])[2H])C(C)(C)C)C2(C)C)C(=O)C(=O)NC1CC1. The Labute approximate surface area is 320 Å². The highest BCUT2D eigenvalue weighted by Gasteiger charge is 2.70. The van der Waals surface area contributed by atoms with E-state index in [0.29, 0.717) is 12.8 Å². The number of hydrogen-bond acceptors (Lipinski definition) is 7. The number of carbonyl (C=O) groups is 5.